The molecule has 2 N–H and O–H groups in total. The van der Waals surface area contributed by atoms with Crippen molar-refractivity contribution in [3.8, 4) is 0 Å². The molecule has 1 atom stereocenters. The molecule has 0 aliphatic carbocycles. The maximum Gasteiger partial charge on any atom is 0.322 e. The molecule has 0 spiro atoms. The molecule has 6 nitrogen and oxygen atoms in total. The van der Waals surface area contributed by atoms with E-state index in [9.17, 15) is 14.4 Å². The predicted octanol–water partition coefficient (Wildman–Crippen LogP) is 9.78. The van der Waals surface area contributed by atoms with Crippen LogP contribution < -0.4 is 5.32 Å². The maximum atomic E-state index is 12.6. The lowest BCUT2D eigenvalue weighted by Gasteiger charge is -2.14. The molecule has 0 rings (SSSR count). The first-order valence-electron chi connectivity index (χ1n) is 17.1. The van der Waals surface area contributed by atoms with Crippen LogP contribution in [0.1, 0.15) is 162 Å². The molecule has 0 radical (unpaired) electrons. The molecule has 0 saturated heterocycles. The van der Waals surface area contributed by atoms with Gasteiger partial charge in [-0.05, 0) is 70.3 Å². The third-order valence-corrected chi connectivity index (χ3v) is 7.27. The number of allylic oxidation sites excluding steroid dienone is 5. The summed E-state index contributed by atoms with van der Waals surface area (Å²) in [5.74, 6) is -1.30. The number of carbonyl (C=O) groups excluding carboxylic acids is 2. The normalized spacial score (nSPS) is 12.4. The summed E-state index contributed by atoms with van der Waals surface area (Å²) in [6.45, 7) is 4.13. The van der Waals surface area contributed by atoms with Crippen LogP contribution in [0.15, 0.2) is 36.5 Å². The lowest BCUT2D eigenvalue weighted by molar-refractivity contribution is -0.147. The second-order valence-electron chi connectivity index (χ2n) is 11.4. The Balaban J connectivity index is 4.25. The molecule has 0 aromatic heterocycles. The monoisotopic (exact) mass is 589 g/mol. The van der Waals surface area contributed by atoms with Gasteiger partial charge in [-0.25, -0.2) is 0 Å². The molecule has 1 amide bonds. The van der Waals surface area contributed by atoms with Crippen molar-refractivity contribution < 1.29 is 24.2 Å². The van der Waals surface area contributed by atoms with Crippen LogP contribution >= 0.6 is 0 Å². The second kappa shape index (κ2) is 31.6. The van der Waals surface area contributed by atoms with Crippen LogP contribution in [0.3, 0.4) is 0 Å². The van der Waals surface area contributed by atoms with Crippen LogP contribution in [-0.2, 0) is 19.1 Å². The highest BCUT2D eigenvalue weighted by Gasteiger charge is 2.11. The third kappa shape index (κ3) is 30.6. The summed E-state index contributed by atoms with van der Waals surface area (Å²) in [6, 6.07) is 0. The predicted molar refractivity (Wildman–Crippen MR) is 175 cm³/mol. The van der Waals surface area contributed by atoms with Crippen LogP contribution in [0.4, 0.5) is 0 Å². The SMILES string of the molecule is CCCC/C=C\CCCCCCCC(=O)OC(/C=C\C/C=C\CCCCC)CCCCCCCCC(=O)NCC(=O)O. The number of esters is 1. The number of carboxylic acid groups (broad SMARTS) is 1. The van der Waals surface area contributed by atoms with Crippen LogP contribution in [0.2, 0.25) is 0 Å². The highest BCUT2D eigenvalue weighted by atomic mass is 16.5. The number of carboxylic acids is 1. The molecule has 6 heteroatoms. The zero-order valence-electron chi connectivity index (χ0n) is 27.1. The molecule has 0 aliphatic heterocycles. The Morgan fingerprint density at radius 3 is 1.86 bits per heavy atom. The van der Waals surface area contributed by atoms with E-state index in [1.54, 1.807) is 0 Å². The minimum atomic E-state index is -1.02. The largest absolute Gasteiger partial charge is 0.480 e. The van der Waals surface area contributed by atoms with Crippen molar-refractivity contribution in [2.24, 2.45) is 0 Å². The van der Waals surface area contributed by atoms with Crippen molar-refractivity contribution in [2.75, 3.05) is 6.54 Å². The van der Waals surface area contributed by atoms with Gasteiger partial charge in [0, 0.05) is 12.8 Å². The van der Waals surface area contributed by atoms with E-state index in [1.165, 1.54) is 64.2 Å². The molecule has 1 unspecified atom stereocenters. The molecule has 0 fully saturated rings. The summed E-state index contributed by atoms with van der Waals surface area (Å²) in [4.78, 5) is 34.6. The Morgan fingerprint density at radius 1 is 0.643 bits per heavy atom. The summed E-state index contributed by atoms with van der Waals surface area (Å²) in [6.07, 6.45) is 37.0. The summed E-state index contributed by atoms with van der Waals surface area (Å²) < 4.78 is 5.87. The minimum absolute atomic E-state index is 0.0835. The molecule has 0 saturated carbocycles. The van der Waals surface area contributed by atoms with Crippen LogP contribution in [0, 0.1) is 0 Å². The Hall–Kier alpha value is -2.37. The molecule has 0 aromatic rings. The van der Waals surface area contributed by atoms with Crippen molar-refractivity contribution in [1.82, 2.24) is 5.32 Å². The Labute approximate surface area is 257 Å². The van der Waals surface area contributed by atoms with E-state index in [0.717, 1.165) is 70.6 Å². The molecule has 42 heavy (non-hydrogen) atoms. The number of unbranched alkanes of at least 4 members (excludes halogenated alkanes) is 15. The van der Waals surface area contributed by atoms with Gasteiger partial charge in [-0.2, -0.15) is 0 Å². The number of hydrogen-bond acceptors (Lipinski definition) is 4. The number of amides is 1. The van der Waals surface area contributed by atoms with Gasteiger partial charge in [0.15, 0.2) is 0 Å². The lowest BCUT2D eigenvalue weighted by atomic mass is 10.1. The average Bonchev–Trinajstić information content (AvgIpc) is 2.97. The van der Waals surface area contributed by atoms with Gasteiger partial charge in [0.25, 0.3) is 0 Å². The topological polar surface area (TPSA) is 92.7 Å². The van der Waals surface area contributed by atoms with Crippen molar-refractivity contribution in [1.29, 1.82) is 0 Å². The summed E-state index contributed by atoms with van der Waals surface area (Å²) in [7, 11) is 0. The van der Waals surface area contributed by atoms with E-state index >= 15 is 0 Å². The lowest BCUT2D eigenvalue weighted by Crippen LogP contribution is -2.28. The van der Waals surface area contributed by atoms with E-state index in [0.29, 0.717) is 12.8 Å². The summed E-state index contributed by atoms with van der Waals surface area (Å²) >= 11 is 0. The minimum Gasteiger partial charge on any atom is -0.480 e. The number of aliphatic carboxylic acids is 1. The van der Waals surface area contributed by atoms with E-state index < -0.39 is 5.97 Å². The molecular weight excluding hydrogens is 526 g/mol. The maximum absolute atomic E-state index is 12.6. The summed E-state index contributed by atoms with van der Waals surface area (Å²) in [5.41, 5.74) is 0. The van der Waals surface area contributed by atoms with Crippen LogP contribution in [0.25, 0.3) is 0 Å². The quantitative estimate of drug-likeness (QED) is 0.0494. The van der Waals surface area contributed by atoms with E-state index in [-0.39, 0.29) is 24.5 Å². The number of carbonyl (C=O) groups is 3. The molecule has 0 aromatic carbocycles. The van der Waals surface area contributed by atoms with Crippen LogP contribution in [-0.4, -0.2) is 35.6 Å². The van der Waals surface area contributed by atoms with Gasteiger partial charge in [-0.3, -0.25) is 14.4 Å². The van der Waals surface area contributed by atoms with Crippen molar-refractivity contribution in [2.45, 2.75) is 168 Å². The summed E-state index contributed by atoms with van der Waals surface area (Å²) in [5, 5.41) is 11.0. The number of hydrogen-bond donors (Lipinski definition) is 2. The first kappa shape index (κ1) is 39.6. The first-order valence-corrected chi connectivity index (χ1v) is 17.1. The van der Waals surface area contributed by atoms with Gasteiger partial charge >= 0.3 is 11.9 Å². The number of ether oxygens (including phenoxy) is 1. The average molecular weight is 590 g/mol. The van der Waals surface area contributed by atoms with E-state index in [2.05, 4.69) is 55.6 Å². The Kier molecular flexibility index (Phi) is 29.8. The van der Waals surface area contributed by atoms with Gasteiger partial charge in [-0.15, -0.1) is 0 Å². The van der Waals surface area contributed by atoms with E-state index in [1.807, 2.05) is 0 Å². The van der Waals surface area contributed by atoms with Crippen LogP contribution in [0.5, 0.6) is 0 Å². The zero-order valence-corrected chi connectivity index (χ0v) is 27.1. The number of rotatable bonds is 30. The van der Waals surface area contributed by atoms with Gasteiger partial charge in [-0.1, -0.05) is 115 Å². The standard InChI is InChI=1S/C36H63NO5/c1-3-5-7-9-11-13-14-15-17-23-27-31-36(41)42-33(28-24-20-16-12-10-8-6-4-2)29-25-21-18-19-22-26-30-34(38)37-32-35(39)40/h9,11-12,16,24,28,33H,3-8,10,13-15,17-23,25-27,29-32H2,1-2H3,(H,37,38)(H,39,40)/b11-9-,16-12-,28-24-. The first-order chi connectivity index (χ1) is 20.5. The van der Waals surface area contributed by atoms with Gasteiger partial charge in [0.2, 0.25) is 5.91 Å². The molecule has 0 aliphatic rings. The molecular formula is C36H63NO5. The van der Waals surface area contributed by atoms with Gasteiger partial charge < -0.3 is 15.2 Å². The second-order valence-corrected chi connectivity index (χ2v) is 11.4. The highest BCUT2D eigenvalue weighted by Crippen LogP contribution is 2.15. The van der Waals surface area contributed by atoms with Crippen molar-refractivity contribution >= 4 is 17.8 Å². The molecule has 242 valence electrons. The Bertz CT molecular complexity index is 743. The highest BCUT2D eigenvalue weighted by molar-refractivity contribution is 5.80. The zero-order chi connectivity index (χ0) is 30.9. The van der Waals surface area contributed by atoms with Crippen molar-refractivity contribution in [3.05, 3.63) is 36.5 Å². The fourth-order valence-corrected chi connectivity index (χ4v) is 4.68. The van der Waals surface area contributed by atoms with E-state index in [4.69, 9.17) is 9.84 Å². The van der Waals surface area contributed by atoms with Crippen molar-refractivity contribution in [3.63, 3.8) is 0 Å². The Morgan fingerprint density at radius 2 is 1.19 bits per heavy atom. The van der Waals surface area contributed by atoms with Gasteiger partial charge in [0.1, 0.15) is 12.6 Å². The van der Waals surface area contributed by atoms with Gasteiger partial charge in [0.05, 0.1) is 0 Å². The fraction of sp³-hybridized carbons (Fsp3) is 0.750. The third-order valence-electron chi connectivity index (χ3n) is 7.27. The fourth-order valence-electron chi connectivity index (χ4n) is 4.68. The smallest absolute Gasteiger partial charge is 0.322 e. The molecule has 0 heterocycles. The molecule has 0 bridgehead atoms. The number of nitrogens with one attached hydrogen (secondary N) is 1.